The van der Waals surface area contributed by atoms with E-state index in [9.17, 15) is 0 Å². The molecule has 1 aromatic heterocycles. The smallest absolute Gasteiger partial charge is 0.134 e. The molecule has 0 bridgehead atoms. The molecule has 2 heterocycles. The number of hydrogen-bond donors (Lipinski definition) is 0. The van der Waals surface area contributed by atoms with Gasteiger partial charge in [0, 0.05) is 25.7 Å². The van der Waals surface area contributed by atoms with Crippen molar-refractivity contribution in [2.75, 3.05) is 38.1 Å². The van der Waals surface area contributed by atoms with Crippen LogP contribution in [-0.4, -0.2) is 48.1 Å². The van der Waals surface area contributed by atoms with E-state index in [1.165, 1.54) is 0 Å². The molecule has 5 heteroatoms. The maximum atomic E-state index is 5.95. The second-order valence-corrected chi connectivity index (χ2v) is 4.63. The third kappa shape index (κ3) is 2.83. The first-order chi connectivity index (χ1) is 7.65. The van der Waals surface area contributed by atoms with Crippen LogP contribution in [0.1, 0.15) is 12.2 Å². The standard InChI is InChI=1S/C11H17ClN4/c1-9-13-10(12)8-11(14-9)16-5-3-4-15(2)6-7-16/h8H,3-7H2,1-2H3. The molecule has 0 unspecified atom stereocenters. The van der Waals surface area contributed by atoms with Gasteiger partial charge in [0.2, 0.25) is 0 Å². The van der Waals surface area contributed by atoms with Crippen molar-refractivity contribution in [2.24, 2.45) is 0 Å². The van der Waals surface area contributed by atoms with Gasteiger partial charge in [-0.3, -0.25) is 0 Å². The highest BCUT2D eigenvalue weighted by Gasteiger charge is 2.14. The molecule has 0 amide bonds. The van der Waals surface area contributed by atoms with Crippen molar-refractivity contribution in [3.05, 3.63) is 17.0 Å². The highest BCUT2D eigenvalue weighted by molar-refractivity contribution is 6.29. The molecule has 1 fully saturated rings. The van der Waals surface area contributed by atoms with Gasteiger partial charge in [-0.05, 0) is 26.9 Å². The fourth-order valence-electron chi connectivity index (χ4n) is 1.95. The first-order valence-corrected chi connectivity index (χ1v) is 5.97. The van der Waals surface area contributed by atoms with E-state index < -0.39 is 0 Å². The van der Waals surface area contributed by atoms with E-state index in [0.717, 1.165) is 44.2 Å². The Morgan fingerprint density at radius 1 is 1.19 bits per heavy atom. The van der Waals surface area contributed by atoms with Gasteiger partial charge in [-0.2, -0.15) is 0 Å². The van der Waals surface area contributed by atoms with Crippen LogP contribution in [0, 0.1) is 6.92 Å². The van der Waals surface area contributed by atoms with Gasteiger partial charge in [-0.25, -0.2) is 9.97 Å². The normalized spacial score (nSPS) is 18.6. The fraction of sp³-hybridized carbons (Fsp3) is 0.636. The summed E-state index contributed by atoms with van der Waals surface area (Å²) in [6.07, 6.45) is 1.16. The van der Waals surface area contributed by atoms with E-state index in [4.69, 9.17) is 11.6 Å². The van der Waals surface area contributed by atoms with Crippen molar-refractivity contribution in [1.82, 2.24) is 14.9 Å². The summed E-state index contributed by atoms with van der Waals surface area (Å²) in [5, 5.41) is 0.528. The molecule has 16 heavy (non-hydrogen) atoms. The first-order valence-electron chi connectivity index (χ1n) is 5.60. The van der Waals surface area contributed by atoms with Gasteiger partial charge in [-0.1, -0.05) is 11.6 Å². The quantitative estimate of drug-likeness (QED) is 0.698. The van der Waals surface area contributed by atoms with Crippen LogP contribution in [0.4, 0.5) is 5.82 Å². The zero-order valence-electron chi connectivity index (χ0n) is 9.78. The Morgan fingerprint density at radius 3 is 2.75 bits per heavy atom. The Hall–Kier alpha value is -0.870. The average Bonchev–Trinajstić information content (AvgIpc) is 2.41. The Labute approximate surface area is 101 Å². The maximum absolute atomic E-state index is 5.95. The third-order valence-electron chi connectivity index (χ3n) is 2.84. The maximum Gasteiger partial charge on any atom is 0.134 e. The lowest BCUT2D eigenvalue weighted by molar-refractivity contribution is 0.360. The summed E-state index contributed by atoms with van der Waals surface area (Å²) < 4.78 is 0. The molecule has 0 radical (unpaired) electrons. The van der Waals surface area contributed by atoms with Crippen LogP contribution in [0.2, 0.25) is 5.15 Å². The minimum atomic E-state index is 0.528. The van der Waals surface area contributed by atoms with Gasteiger partial charge in [-0.15, -0.1) is 0 Å². The van der Waals surface area contributed by atoms with Crippen molar-refractivity contribution < 1.29 is 0 Å². The lowest BCUT2D eigenvalue weighted by Gasteiger charge is -2.21. The van der Waals surface area contributed by atoms with Crippen LogP contribution in [0.5, 0.6) is 0 Å². The predicted octanol–water partition coefficient (Wildman–Crippen LogP) is 1.58. The van der Waals surface area contributed by atoms with Crippen LogP contribution >= 0.6 is 11.6 Å². The number of aromatic nitrogens is 2. The van der Waals surface area contributed by atoms with Crippen molar-refractivity contribution in [1.29, 1.82) is 0 Å². The van der Waals surface area contributed by atoms with E-state index in [1.807, 2.05) is 13.0 Å². The molecule has 1 aliphatic rings. The number of rotatable bonds is 1. The molecule has 4 nitrogen and oxygen atoms in total. The van der Waals surface area contributed by atoms with Gasteiger partial charge in [0.25, 0.3) is 0 Å². The molecule has 1 aliphatic heterocycles. The van der Waals surface area contributed by atoms with Gasteiger partial charge >= 0.3 is 0 Å². The van der Waals surface area contributed by atoms with E-state index in [2.05, 4.69) is 26.8 Å². The number of anilines is 1. The molecule has 0 N–H and O–H groups in total. The summed E-state index contributed by atoms with van der Waals surface area (Å²) in [5.41, 5.74) is 0. The minimum absolute atomic E-state index is 0.528. The highest BCUT2D eigenvalue weighted by Crippen LogP contribution is 2.17. The topological polar surface area (TPSA) is 32.3 Å². The van der Waals surface area contributed by atoms with Gasteiger partial charge in [0.1, 0.15) is 16.8 Å². The lowest BCUT2D eigenvalue weighted by atomic mass is 10.4. The van der Waals surface area contributed by atoms with Gasteiger partial charge in [0.05, 0.1) is 0 Å². The largest absolute Gasteiger partial charge is 0.355 e. The van der Waals surface area contributed by atoms with E-state index in [1.54, 1.807) is 0 Å². The molecule has 88 valence electrons. The van der Waals surface area contributed by atoms with Gasteiger partial charge in [0.15, 0.2) is 0 Å². The van der Waals surface area contributed by atoms with E-state index >= 15 is 0 Å². The van der Waals surface area contributed by atoms with Crippen LogP contribution in [0.3, 0.4) is 0 Å². The Kier molecular flexibility index (Phi) is 3.61. The first kappa shape index (κ1) is 11.6. The number of halogens is 1. The molecular weight excluding hydrogens is 224 g/mol. The van der Waals surface area contributed by atoms with Crippen molar-refractivity contribution in [2.45, 2.75) is 13.3 Å². The van der Waals surface area contributed by atoms with Crippen LogP contribution < -0.4 is 4.90 Å². The molecular formula is C11H17ClN4. The number of aryl methyl sites for hydroxylation is 1. The second kappa shape index (κ2) is 4.97. The monoisotopic (exact) mass is 240 g/mol. The summed E-state index contributed by atoms with van der Waals surface area (Å²) in [6, 6.07) is 1.85. The Morgan fingerprint density at radius 2 is 2.00 bits per heavy atom. The fourth-order valence-corrected chi connectivity index (χ4v) is 2.17. The van der Waals surface area contributed by atoms with Crippen LogP contribution in [0.15, 0.2) is 6.07 Å². The molecule has 0 aromatic carbocycles. The highest BCUT2D eigenvalue weighted by atomic mass is 35.5. The molecule has 0 saturated carbocycles. The molecule has 0 spiro atoms. The van der Waals surface area contributed by atoms with Crippen molar-refractivity contribution in [3.63, 3.8) is 0 Å². The second-order valence-electron chi connectivity index (χ2n) is 4.24. The van der Waals surface area contributed by atoms with Crippen LogP contribution in [-0.2, 0) is 0 Å². The SMILES string of the molecule is Cc1nc(Cl)cc(N2CCCN(C)CC2)n1. The summed E-state index contributed by atoms with van der Waals surface area (Å²) in [7, 11) is 2.15. The van der Waals surface area contributed by atoms with Gasteiger partial charge < -0.3 is 9.80 Å². The summed E-state index contributed by atoms with van der Waals surface area (Å²) in [4.78, 5) is 13.1. The summed E-state index contributed by atoms with van der Waals surface area (Å²) >= 11 is 5.95. The van der Waals surface area contributed by atoms with Crippen molar-refractivity contribution >= 4 is 17.4 Å². The lowest BCUT2D eigenvalue weighted by Crippen LogP contribution is -2.29. The predicted molar refractivity (Wildman–Crippen MR) is 66.1 cm³/mol. The number of likely N-dealkylation sites (N-methyl/N-ethyl adjacent to an activating group) is 1. The minimum Gasteiger partial charge on any atom is -0.355 e. The Bertz CT molecular complexity index is 349. The molecule has 0 aliphatic carbocycles. The zero-order valence-corrected chi connectivity index (χ0v) is 10.5. The van der Waals surface area contributed by atoms with E-state index in [0.29, 0.717) is 5.15 Å². The molecule has 1 saturated heterocycles. The summed E-state index contributed by atoms with van der Waals surface area (Å²) in [5.74, 6) is 1.69. The zero-order chi connectivity index (χ0) is 11.5. The van der Waals surface area contributed by atoms with E-state index in [-0.39, 0.29) is 0 Å². The number of hydrogen-bond acceptors (Lipinski definition) is 4. The average molecular weight is 241 g/mol. The molecule has 1 aromatic rings. The molecule has 0 atom stereocenters. The number of nitrogens with zero attached hydrogens (tertiary/aromatic N) is 4. The summed E-state index contributed by atoms with van der Waals surface area (Å²) in [6.45, 7) is 6.13. The Balaban J connectivity index is 2.16. The molecule has 2 rings (SSSR count). The third-order valence-corrected chi connectivity index (χ3v) is 3.03. The van der Waals surface area contributed by atoms with Crippen LogP contribution in [0.25, 0.3) is 0 Å². The van der Waals surface area contributed by atoms with Crippen molar-refractivity contribution in [3.8, 4) is 0 Å².